The average Bonchev–Trinajstić information content (AvgIpc) is 2.79. The van der Waals surface area contributed by atoms with E-state index < -0.39 is 12.0 Å². The highest BCUT2D eigenvalue weighted by atomic mass is 16.5. The molecular formula is C14H23NO3. The molecule has 1 aliphatic rings. The van der Waals surface area contributed by atoms with Crippen molar-refractivity contribution in [2.24, 2.45) is 5.92 Å². The van der Waals surface area contributed by atoms with Crippen LogP contribution in [0.15, 0.2) is 12.2 Å². The highest BCUT2D eigenvalue weighted by Gasteiger charge is 2.24. The van der Waals surface area contributed by atoms with E-state index in [0.717, 1.165) is 18.4 Å². The van der Waals surface area contributed by atoms with E-state index in [4.69, 9.17) is 0 Å². The predicted molar refractivity (Wildman–Crippen MR) is 70.0 cm³/mol. The van der Waals surface area contributed by atoms with Gasteiger partial charge in [-0.15, -0.1) is 6.58 Å². The summed E-state index contributed by atoms with van der Waals surface area (Å²) in [4.78, 5) is 23.4. The monoisotopic (exact) mass is 253 g/mol. The number of amides is 1. The van der Waals surface area contributed by atoms with Crippen molar-refractivity contribution < 1.29 is 14.3 Å². The molecule has 1 atom stereocenters. The van der Waals surface area contributed by atoms with Crippen LogP contribution in [0.3, 0.4) is 0 Å². The van der Waals surface area contributed by atoms with Crippen molar-refractivity contribution in [1.82, 2.24) is 5.32 Å². The maximum atomic E-state index is 11.9. The zero-order chi connectivity index (χ0) is 13.5. The fourth-order valence-electron chi connectivity index (χ4n) is 2.41. The van der Waals surface area contributed by atoms with Crippen molar-refractivity contribution in [2.75, 3.05) is 7.11 Å². The van der Waals surface area contributed by atoms with Gasteiger partial charge in [0.2, 0.25) is 5.91 Å². The highest BCUT2D eigenvalue weighted by Crippen LogP contribution is 2.27. The maximum absolute atomic E-state index is 11.9. The summed E-state index contributed by atoms with van der Waals surface area (Å²) < 4.78 is 4.69. The summed E-state index contributed by atoms with van der Waals surface area (Å²) >= 11 is 0. The smallest absolute Gasteiger partial charge is 0.328 e. The van der Waals surface area contributed by atoms with E-state index in [0.29, 0.717) is 18.8 Å². The van der Waals surface area contributed by atoms with E-state index in [1.807, 2.05) is 6.92 Å². The van der Waals surface area contributed by atoms with Crippen LogP contribution in [0.25, 0.3) is 0 Å². The fourth-order valence-corrected chi connectivity index (χ4v) is 2.41. The largest absolute Gasteiger partial charge is 0.467 e. The first-order valence-electron chi connectivity index (χ1n) is 6.54. The van der Waals surface area contributed by atoms with Gasteiger partial charge >= 0.3 is 5.97 Å². The molecule has 0 radical (unpaired) electrons. The third kappa shape index (κ3) is 4.90. The van der Waals surface area contributed by atoms with Gasteiger partial charge in [-0.25, -0.2) is 4.79 Å². The lowest BCUT2D eigenvalue weighted by molar-refractivity contribution is -0.145. The van der Waals surface area contributed by atoms with Crippen LogP contribution in [0.4, 0.5) is 0 Å². The van der Waals surface area contributed by atoms with Gasteiger partial charge in [0.05, 0.1) is 7.11 Å². The number of methoxy groups -OCH3 is 1. The second kappa shape index (κ2) is 7.19. The van der Waals surface area contributed by atoms with Crippen LogP contribution >= 0.6 is 0 Å². The van der Waals surface area contributed by atoms with Gasteiger partial charge in [0.1, 0.15) is 6.04 Å². The molecular weight excluding hydrogens is 230 g/mol. The first kappa shape index (κ1) is 14.7. The first-order chi connectivity index (χ1) is 8.52. The number of ether oxygens (including phenoxy) is 1. The first-order valence-corrected chi connectivity index (χ1v) is 6.54. The van der Waals surface area contributed by atoms with E-state index in [9.17, 15) is 9.59 Å². The van der Waals surface area contributed by atoms with Crippen LogP contribution in [-0.4, -0.2) is 25.0 Å². The zero-order valence-electron chi connectivity index (χ0n) is 11.3. The van der Waals surface area contributed by atoms with Crippen LogP contribution in [0.5, 0.6) is 0 Å². The van der Waals surface area contributed by atoms with Gasteiger partial charge in [-0.3, -0.25) is 4.79 Å². The van der Waals surface area contributed by atoms with Gasteiger partial charge in [-0.05, 0) is 32.1 Å². The average molecular weight is 253 g/mol. The molecule has 4 heteroatoms. The van der Waals surface area contributed by atoms with E-state index in [1.165, 1.54) is 20.0 Å². The molecule has 1 amide bonds. The Hall–Kier alpha value is -1.32. The zero-order valence-corrected chi connectivity index (χ0v) is 11.3. The van der Waals surface area contributed by atoms with E-state index in [1.54, 1.807) is 0 Å². The lowest BCUT2D eigenvalue weighted by Crippen LogP contribution is -2.42. The second-order valence-electron chi connectivity index (χ2n) is 5.16. The van der Waals surface area contributed by atoms with Crippen LogP contribution in [0.2, 0.25) is 0 Å². The van der Waals surface area contributed by atoms with Gasteiger partial charge in [0, 0.05) is 6.42 Å². The molecule has 1 fully saturated rings. The summed E-state index contributed by atoms with van der Waals surface area (Å²) in [6, 6.07) is -0.596. The minimum Gasteiger partial charge on any atom is -0.467 e. The fraction of sp³-hybridized carbons (Fsp3) is 0.714. The summed E-state index contributed by atoms with van der Waals surface area (Å²) in [5.41, 5.74) is 0.853. The number of carbonyl (C=O) groups is 2. The highest BCUT2D eigenvalue weighted by molar-refractivity contribution is 5.84. The Labute approximate surface area is 109 Å². The number of hydrogen-bond acceptors (Lipinski definition) is 3. The third-order valence-corrected chi connectivity index (χ3v) is 3.32. The minimum atomic E-state index is -0.596. The Kier molecular flexibility index (Phi) is 5.89. The Morgan fingerprint density at radius 3 is 2.50 bits per heavy atom. The molecule has 0 aromatic carbocycles. The summed E-state index contributed by atoms with van der Waals surface area (Å²) in [7, 11) is 1.33. The molecule has 0 saturated heterocycles. The van der Waals surface area contributed by atoms with Crippen molar-refractivity contribution in [2.45, 2.75) is 51.5 Å². The molecule has 0 aromatic rings. The topological polar surface area (TPSA) is 55.4 Å². The Morgan fingerprint density at radius 2 is 2.00 bits per heavy atom. The molecule has 1 aliphatic carbocycles. The van der Waals surface area contributed by atoms with Gasteiger partial charge < -0.3 is 10.1 Å². The third-order valence-electron chi connectivity index (χ3n) is 3.32. The molecule has 4 nitrogen and oxygen atoms in total. The maximum Gasteiger partial charge on any atom is 0.328 e. The molecule has 1 saturated carbocycles. The van der Waals surface area contributed by atoms with Crippen molar-refractivity contribution in [1.29, 1.82) is 0 Å². The van der Waals surface area contributed by atoms with E-state index in [2.05, 4.69) is 16.6 Å². The van der Waals surface area contributed by atoms with Crippen molar-refractivity contribution in [3.8, 4) is 0 Å². The number of nitrogens with one attached hydrogen (secondary N) is 1. The molecule has 0 aromatic heterocycles. The molecule has 1 rings (SSSR count). The molecule has 0 unspecified atom stereocenters. The number of hydrogen-bond donors (Lipinski definition) is 1. The molecule has 0 heterocycles. The summed E-state index contributed by atoms with van der Waals surface area (Å²) in [5, 5.41) is 2.75. The molecule has 102 valence electrons. The SMILES string of the molecule is C=C(C)C[C@@H](NC(=O)CC1CCCC1)C(=O)OC. The summed E-state index contributed by atoms with van der Waals surface area (Å²) in [6.07, 6.45) is 5.62. The van der Waals surface area contributed by atoms with Gasteiger partial charge in [-0.1, -0.05) is 18.4 Å². The molecule has 0 bridgehead atoms. The quantitative estimate of drug-likeness (QED) is 0.583. The van der Waals surface area contributed by atoms with Crippen molar-refractivity contribution in [3.63, 3.8) is 0 Å². The Morgan fingerprint density at radius 1 is 1.39 bits per heavy atom. The van der Waals surface area contributed by atoms with Gasteiger partial charge in [0.15, 0.2) is 0 Å². The minimum absolute atomic E-state index is 0.0569. The number of carbonyl (C=O) groups excluding carboxylic acids is 2. The standard InChI is InChI=1S/C14H23NO3/c1-10(2)8-12(14(17)18-3)15-13(16)9-11-6-4-5-7-11/h11-12H,1,4-9H2,2-3H3,(H,15,16)/t12-/m1/s1. The van der Waals surface area contributed by atoms with Crippen LogP contribution < -0.4 is 5.32 Å². The van der Waals surface area contributed by atoms with E-state index in [-0.39, 0.29) is 5.91 Å². The number of rotatable bonds is 6. The molecule has 18 heavy (non-hydrogen) atoms. The lowest BCUT2D eigenvalue weighted by atomic mass is 10.0. The second-order valence-corrected chi connectivity index (χ2v) is 5.16. The number of esters is 1. The molecule has 1 N–H and O–H groups in total. The Bertz CT molecular complexity index is 319. The van der Waals surface area contributed by atoms with Crippen molar-refractivity contribution >= 4 is 11.9 Å². The van der Waals surface area contributed by atoms with Crippen LogP contribution in [0.1, 0.15) is 45.4 Å². The summed E-state index contributed by atoms with van der Waals surface area (Å²) in [5.74, 6) is 0.0180. The van der Waals surface area contributed by atoms with Crippen LogP contribution in [-0.2, 0) is 14.3 Å². The predicted octanol–water partition coefficient (Wildman–Crippen LogP) is 2.19. The molecule has 0 aliphatic heterocycles. The summed E-state index contributed by atoms with van der Waals surface area (Å²) in [6.45, 7) is 5.60. The lowest BCUT2D eigenvalue weighted by Gasteiger charge is -2.17. The van der Waals surface area contributed by atoms with Crippen LogP contribution in [0, 0.1) is 5.92 Å². The van der Waals surface area contributed by atoms with Crippen molar-refractivity contribution in [3.05, 3.63) is 12.2 Å². The normalized spacial score (nSPS) is 17.2. The molecule has 0 spiro atoms. The Balaban J connectivity index is 2.45. The van der Waals surface area contributed by atoms with Gasteiger partial charge in [-0.2, -0.15) is 0 Å². The van der Waals surface area contributed by atoms with Gasteiger partial charge in [0.25, 0.3) is 0 Å². The van der Waals surface area contributed by atoms with E-state index >= 15 is 0 Å².